The Bertz CT molecular complexity index is 389. The van der Waals surface area contributed by atoms with Crippen LogP contribution in [0.4, 0.5) is 0 Å². The molecule has 0 aromatic heterocycles. The molecule has 0 bridgehead atoms. The molecule has 2 nitrogen and oxygen atoms in total. The van der Waals surface area contributed by atoms with E-state index in [4.69, 9.17) is 0 Å². The quantitative estimate of drug-likeness (QED) is 0.820. The van der Waals surface area contributed by atoms with E-state index >= 15 is 0 Å². The molecule has 2 aliphatic heterocycles. The second-order valence-corrected chi connectivity index (χ2v) is 6.89. The molecule has 2 saturated heterocycles. The van der Waals surface area contributed by atoms with Crippen molar-refractivity contribution >= 4 is 22.6 Å². The summed E-state index contributed by atoms with van der Waals surface area (Å²) in [7, 11) is 0. The lowest BCUT2D eigenvalue weighted by Gasteiger charge is -2.25. The van der Waals surface area contributed by atoms with Crippen LogP contribution in [0.15, 0.2) is 24.3 Å². The summed E-state index contributed by atoms with van der Waals surface area (Å²) in [5.74, 6) is 0.880. The van der Waals surface area contributed by atoms with Crippen LogP contribution in [0.1, 0.15) is 31.4 Å². The van der Waals surface area contributed by atoms with Crippen molar-refractivity contribution in [1.29, 1.82) is 0 Å². The minimum Gasteiger partial charge on any atom is -0.312 e. The molecule has 0 saturated carbocycles. The zero-order valence-electron chi connectivity index (χ0n) is 10.9. The molecule has 3 heteroatoms. The molecule has 1 aromatic rings. The fourth-order valence-electron chi connectivity index (χ4n) is 3.35. The average Bonchev–Trinajstić information content (AvgIpc) is 2.82. The minimum absolute atomic E-state index is 0.550. The van der Waals surface area contributed by atoms with Gasteiger partial charge in [0.05, 0.1) is 0 Å². The first-order valence-electron chi connectivity index (χ1n) is 6.97. The maximum Gasteiger partial charge on any atom is 0.0320 e. The predicted molar refractivity (Wildman–Crippen MR) is 83.7 cm³/mol. The molecular formula is C15H21IN2. The van der Waals surface area contributed by atoms with Crippen LogP contribution in [0, 0.1) is 9.49 Å². The lowest BCUT2D eigenvalue weighted by molar-refractivity contribution is 0.251. The topological polar surface area (TPSA) is 15.3 Å². The number of piperidine rings is 1. The third kappa shape index (κ3) is 2.58. The van der Waals surface area contributed by atoms with E-state index in [1.807, 2.05) is 0 Å². The lowest BCUT2D eigenvalue weighted by atomic mass is 9.94. The van der Waals surface area contributed by atoms with Gasteiger partial charge in [-0.25, -0.2) is 0 Å². The standard InChI is InChI=1S/C15H21IN2/c1-11(12-4-6-14(16)7-5-12)18-9-13-3-2-8-17-15(13)10-18/h4-7,11,13,15,17H,2-3,8-10H2,1H3. The molecule has 2 aliphatic rings. The number of nitrogens with one attached hydrogen (secondary N) is 1. The monoisotopic (exact) mass is 356 g/mol. The minimum atomic E-state index is 0.550. The number of benzene rings is 1. The van der Waals surface area contributed by atoms with Gasteiger partial charge in [0.2, 0.25) is 0 Å². The lowest BCUT2D eigenvalue weighted by Crippen LogP contribution is -2.40. The first-order chi connectivity index (χ1) is 8.74. The summed E-state index contributed by atoms with van der Waals surface area (Å²) in [5, 5.41) is 3.68. The van der Waals surface area contributed by atoms with Gasteiger partial charge in [-0.2, -0.15) is 0 Å². The van der Waals surface area contributed by atoms with E-state index in [9.17, 15) is 0 Å². The maximum absolute atomic E-state index is 3.68. The summed E-state index contributed by atoms with van der Waals surface area (Å²) >= 11 is 2.37. The van der Waals surface area contributed by atoms with Gasteiger partial charge < -0.3 is 5.32 Å². The number of likely N-dealkylation sites (tertiary alicyclic amines) is 1. The number of rotatable bonds is 2. The van der Waals surface area contributed by atoms with Crippen molar-refractivity contribution in [3.05, 3.63) is 33.4 Å². The highest BCUT2D eigenvalue weighted by molar-refractivity contribution is 14.1. The first-order valence-corrected chi connectivity index (χ1v) is 8.05. The molecule has 98 valence electrons. The summed E-state index contributed by atoms with van der Waals surface area (Å²) < 4.78 is 1.32. The van der Waals surface area contributed by atoms with Crippen molar-refractivity contribution in [2.75, 3.05) is 19.6 Å². The van der Waals surface area contributed by atoms with E-state index in [1.54, 1.807) is 0 Å². The summed E-state index contributed by atoms with van der Waals surface area (Å²) in [4.78, 5) is 2.65. The highest BCUT2D eigenvalue weighted by atomic mass is 127. The highest BCUT2D eigenvalue weighted by Gasteiger charge is 2.36. The molecule has 0 aliphatic carbocycles. The van der Waals surface area contributed by atoms with Gasteiger partial charge in [0, 0.05) is 28.7 Å². The molecule has 3 rings (SSSR count). The Morgan fingerprint density at radius 3 is 2.78 bits per heavy atom. The van der Waals surface area contributed by atoms with Crippen LogP contribution in [-0.2, 0) is 0 Å². The normalized spacial score (nSPS) is 30.1. The van der Waals surface area contributed by atoms with Crippen LogP contribution in [0.2, 0.25) is 0 Å². The molecule has 0 amide bonds. The van der Waals surface area contributed by atoms with Gasteiger partial charge in [-0.1, -0.05) is 12.1 Å². The number of fused-ring (bicyclic) bond motifs is 1. The third-order valence-corrected chi connectivity index (χ3v) is 5.25. The molecule has 1 N–H and O–H groups in total. The Morgan fingerprint density at radius 1 is 1.28 bits per heavy atom. The van der Waals surface area contributed by atoms with Crippen LogP contribution in [0.5, 0.6) is 0 Å². The van der Waals surface area contributed by atoms with Gasteiger partial charge >= 0.3 is 0 Å². The van der Waals surface area contributed by atoms with Crippen molar-refractivity contribution in [2.24, 2.45) is 5.92 Å². The summed E-state index contributed by atoms with van der Waals surface area (Å²) in [6.07, 6.45) is 2.76. The molecule has 1 aromatic carbocycles. The van der Waals surface area contributed by atoms with Crippen LogP contribution < -0.4 is 5.32 Å². The number of hydrogen-bond acceptors (Lipinski definition) is 2. The second kappa shape index (κ2) is 5.47. The summed E-state index contributed by atoms with van der Waals surface area (Å²) in [6, 6.07) is 10.3. The van der Waals surface area contributed by atoms with Gasteiger partial charge in [-0.3, -0.25) is 4.90 Å². The van der Waals surface area contributed by atoms with E-state index < -0.39 is 0 Å². The zero-order valence-corrected chi connectivity index (χ0v) is 13.1. The van der Waals surface area contributed by atoms with Crippen molar-refractivity contribution in [1.82, 2.24) is 10.2 Å². The van der Waals surface area contributed by atoms with Gasteiger partial charge in [0.15, 0.2) is 0 Å². The number of nitrogens with zero attached hydrogens (tertiary/aromatic N) is 1. The van der Waals surface area contributed by atoms with Crippen LogP contribution in [0.3, 0.4) is 0 Å². The van der Waals surface area contributed by atoms with Crippen molar-refractivity contribution in [3.8, 4) is 0 Å². The van der Waals surface area contributed by atoms with Crippen molar-refractivity contribution in [2.45, 2.75) is 31.8 Å². The average molecular weight is 356 g/mol. The van der Waals surface area contributed by atoms with Gasteiger partial charge in [-0.15, -0.1) is 0 Å². The molecule has 3 unspecified atom stereocenters. The molecular weight excluding hydrogens is 335 g/mol. The molecule has 0 radical (unpaired) electrons. The number of halogens is 1. The Kier molecular flexibility index (Phi) is 3.91. The SMILES string of the molecule is CC(c1ccc(I)cc1)N1CC2CCCNC2C1. The maximum atomic E-state index is 3.68. The number of hydrogen-bond donors (Lipinski definition) is 1. The Labute approximate surface area is 123 Å². The van der Waals surface area contributed by atoms with Gasteiger partial charge in [-0.05, 0) is 72.5 Å². The molecule has 2 heterocycles. The molecule has 0 spiro atoms. The Balaban J connectivity index is 1.70. The molecule has 18 heavy (non-hydrogen) atoms. The van der Waals surface area contributed by atoms with Crippen molar-refractivity contribution in [3.63, 3.8) is 0 Å². The van der Waals surface area contributed by atoms with E-state index in [2.05, 4.69) is 64.0 Å². The van der Waals surface area contributed by atoms with E-state index in [-0.39, 0.29) is 0 Å². The highest BCUT2D eigenvalue weighted by Crippen LogP contribution is 2.31. The van der Waals surface area contributed by atoms with Gasteiger partial charge in [0.1, 0.15) is 0 Å². The predicted octanol–water partition coefficient (Wildman–Crippen LogP) is 3.04. The third-order valence-electron chi connectivity index (χ3n) is 4.53. The Hall–Kier alpha value is -0.130. The van der Waals surface area contributed by atoms with E-state index in [0.717, 1.165) is 12.0 Å². The van der Waals surface area contributed by atoms with Crippen LogP contribution >= 0.6 is 22.6 Å². The van der Waals surface area contributed by atoms with Crippen molar-refractivity contribution < 1.29 is 0 Å². The fraction of sp³-hybridized carbons (Fsp3) is 0.600. The largest absolute Gasteiger partial charge is 0.312 e. The summed E-state index contributed by atoms with van der Waals surface area (Å²) in [6.45, 7) is 6.05. The fourth-order valence-corrected chi connectivity index (χ4v) is 3.71. The second-order valence-electron chi connectivity index (χ2n) is 5.64. The zero-order chi connectivity index (χ0) is 12.5. The summed E-state index contributed by atoms with van der Waals surface area (Å²) in [5.41, 5.74) is 1.45. The van der Waals surface area contributed by atoms with Gasteiger partial charge in [0.25, 0.3) is 0 Å². The van der Waals surface area contributed by atoms with E-state index in [0.29, 0.717) is 6.04 Å². The van der Waals surface area contributed by atoms with Crippen LogP contribution in [0.25, 0.3) is 0 Å². The first kappa shape index (κ1) is 12.9. The van der Waals surface area contributed by atoms with E-state index in [1.165, 1.54) is 41.6 Å². The smallest absolute Gasteiger partial charge is 0.0320 e. The Morgan fingerprint density at radius 2 is 2.06 bits per heavy atom. The molecule has 2 fully saturated rings. The van der Waals surface area contributed by atoms with Crippen LogP contribution in [-0.4, -0.2) is 30.6 Å². The molecule has 3 atom stereocenters.